The molecule has 210 valence electrons. The summed E-state index contributed by atoms with van der Waals surface area (Å²) in [5.41, 5.74) is 6.56. The van der Waals surface area contributed by atoms with Crippen molar-refractivity contribution in [1.29, 1.82) is 0 Å². The molecule has 0 saturated carbocycles. The standard InChI is InChI=1S/C41H25N3O/c1-3-12-27(13-4-1)39-42-40(28-14-5-2-6-15-28)44-41(43-39)35-19-9-18-34-37-33(17-10-20-36(37)45-38(34)35)30-23-24-32-29(25-30)22-21-26-11-7-8-16-31(26)32/h1-25H. The highest BCUT2D eigenvalue weighted by atomic mass is 16.3. The van der Waals surface area contributed by atoms with Crippen LogP contribution in [0.4, 0.5) is 0 Å². The van der Waals surface area contributed by atoms with Crippen LogP contribution in [0.3, 0.4) is 0 Å². The van der Waals surface area contributed by atoms with E-state index in [9.17, 15) is 0 Å². The monoisotopic (exact) mass is 575 g/mol. The second kappa shape index (κ2) is 10.2. The molecule has 9 rings (SSSR count). The van der Waals surface area contributed by atoms with E-state index in [1.807, 2.05) is 72.8 Å². The normalized spacial score (nSPS) is 11.6. The van der Waals surface area contributed by atoms with Crippen molar-refractivity contribution in [3.63, 3.8) is 0 Å². The van der Waals surface area contributed by atoms with Crippen LogP contribution in [-0.4, -0.2) is 15.0 Å². The summed E-state index contributed by atoms with van der Waals surface area (Å²) in [7, 11) is 0. The maximum absolute atomic E-state index is 6.64. The molecule has 0 unspecified atom stereocenters. The first-order valence-corrected chi connectivity index (χ1v) is 15.0. The molecule has 0 atom stereocenters. The number of rotatable bonds is 4. The molecule has 0 aliphatic rings. The zero-order chi connectivity index (χ0) is 29.7. The highest BCUT2D eigenvalue weighted by Crippen LogP contribution is 2.41. The Morgan fingerprint density at radius 1 is 0.378 bits per heavy atom. The van der Waals surface area contributed by atoms with Gasteiger partial charge >= 0.3 is 0 Å². The summed E-state index contributed by atoms with van der Waals surface area (Å²) >= 11 is 0. The Hall–Kier alpha value is -6.13. The van der Waals surface area contributed by atoms with Crippen LogP contribution in [0.1, 0.15) is 0 Å². The number of para-hydroxylation sites is 1. The van der Waals surface area contributed by atoms with E-state index in [0.717, 1.165) is 49.8 Å². The number of furan rings is 1. The number of hydrogen-bond acceptors (Lipinski definition) is 4. The lowest BCUT2D eigenvalue weighted by Crippen LogP contribution is -2.00. The number of aromatic nitrogens is 3. The first-order chi connectivity index (χ1) is 22.3. The SMILES string of the molecule is c1ccc(-c2nc(-c3ccccc3)nc(-c3cccc4c3oc3cccc(-c5ccc6c(ccc7ccccc76)c5)c34)n2)cc1. The van der Waals surface area contributed by atoms with Gasteiger partial charge in [0.1, 0.15) is 11.2 Å². The Kier molecular flexibility index (Phi) is 5.78. The van der Waals surface area contributed by atoms with Crippen LogP contribution in [0.25, 0.3) is 88.8 Å². The van der Waals surface area contributed by atoms with Crippen molar-refractivity contribution in [3.8, 4) is 45.3 Å². The van der Waals surface area contributed by atoms with Gasteiger partial charge in [-0.2, -0.15) is 0 Å². The largest absolute Gasteiger partial charge is 0.455 e. The van der Waals surface area contributed by atoms with Crippen molar-refractivity contribution in [2.75, 3.05) is 0 Å². The molecule has 45 heavy (non-hydrogen) atoms. The molecule has 7 aromatic carbocycles. The molecule has 2 aromatic heterocycles. The number of benzene rings is 7. The highest BCUT2D eigenvalue weighted by molar-refractivity contribution is 6.16. The molecule has 0 spiro atoms. The molecule has 0 amide bonds. The first-order valence-electron chi connectivity index (χ1n) is 15.0. The summed E-state index contributed by atoms with van der Waals surface area (Å²) in [5, 5.41) is 7.08. The Labute approximate surface area is 259 Å². The van der Waals surface area contributed by atoms with Crippen molar-refractivity contribution in [2.45, 2.75) is 0 Å². The maximum Gasteiger partial charge on any atom is 0.167 e. The lowest BCUT2D eigenvalue weighted by Gasteiger charge is -2.09. The molecule has 0 radical (unpaired) electrons. The van der Waals surface area contributed by atoms with Gasteiger partial charge in [0.2, 0.25) is 0 Å². The molecule has 0 aliphatic carbocycles. The van der Waals surface area contributed by atoms with E-state index in [2.05, 4.69) is 78.9 Å². The zero-order valence-corrected chi connectivity index (χ0v) is 24.2. The van der Waals surface area contributed by atoms with E-state index < -0.39 is 0 Å². The number of hydrogen-bond donors (Lipinski definition) is 0. The molecular weight excluding hydrogens is 550 g/mol. The topological polar surface area (TPSA) is 51.8 Å². The quantitative estimate of drug-likeness (QED) is 0.196. The van der Waals surface area contributed by atoms with Gasteiger partial charge in [-0.15, -0.1) is 0 Å². The van der Waals surface area contributed by atoms with Gasteiger partial charge in [-0.1, -0.05) is 133 Å². The second-order valence-electron chi connectivity index (χ2n) is 11.2. The average molecular weight is 576 g/mol. The minimum atomic E-state index is 0.575. The van der Waals surface area contributed by atoms with Crippen LogP contribution in [0.15, 0.2) is 156 Å². The molecule has 0 bridgehead atoms. The Morgan fingerprint density at radius 3 is 1.76 bits per heavy atom. The zero-order valence-electron chi connectivity index (χ0n) is 24.2. The van der Waals surface area contributed by atoms with Gasteiger partial charge in [-0.3, -0.25) is 0 Å². The first kappa shape index (κ1) is 25.4. The Balaban J connectivity index is 1.25. The van der Waals surface area contributed by atoms with Crippen molar-refractivity contribution in [2.24, 2.45) is 0 Å². The van der Waals surface area contributed by atoms with E-state index in [0.29, 0.717) is 17.5 Å². The third-order valence-electron chi connectivity index (χ3n) is 8.52. The fourth-order valence-electron chi connectivity index (χ4n) is 6.37. The molecule has 0 saturated heterocycles. The van der Waals surface area contributed by atoms with Crippen molar-refractivity contribution in [3.05, 3.63) is 152 Å². The van der Waals surface area contributed by atoms with E-state index in [1.165, 1.54) is 21.5 Å². The molecule has 0 fully saturated rings. The third-order valence-corrected chi connectivity index (χ3v) is 8.52. The minimum absolute atomic E-state index is 0.575. The molecule has 0 N–H and O–H groups in total. The van der Waals surface area contributed by atoms with E-state index in [-0.39, 0.29) is 0 Å². The lowest BCUT2D eigenvalue weighted by atomic mass is 9.95. The van der Waals surface area contributed by atoms with Crippen LogP contribution in [-0.2, 0) is 0 Å². The predicted octanol–water partition coefficient (Wildman–Crippen LogP) is 10.7. The van der Waals surface area contributed by atoms with Gasteiger partial charge < -0.3 is 4.42 Å². The van der Waals surface area contributed by atoms with Crippen molar-refractivity contribution in [1.82, 2.24) is 15.0 Å². The van der Waals surface area contributed by atoms with Gasteiger partial charge in [-0.05, 0) is 50.9 Å². The van der Waals surface area contributed by atoms with Crippen molar-refractivity contribution < 1.29 is 4.42 Å². The highest BCUT2D eigenvalue weighted by Gasteiger charge is 2.19. The van der Waals surface area contributed by atoms with E-state index in [1.54, 1.807) is 0 Å². The summed E-state index contributed by atoms with van der Waals surface area (Å²) in [6, 6.07) is 52.3. The van der Waals surface area contributed by atoms with Crippen LogP contribution >= 0.6 is 0 Å². The molecule has 4 nitrogen and oxygen atoms in total. The second-order valence-corrected chi connectivity index (χ2v) is 11.2. The molecule has 0 aliphatic heterocycles. The predicted molar refractivity (Wildman–Crippen MR) is 184 cm³/mol. The van der Waals surface area contributed by atoms with Gasteiger partial charge in [0.05, 0.1) is 5.56 Å². The maximum atomic E-state index is 6.64. The van der Waals surface area contributed by atoms with Crippen LogP contribution in [0, 0.1) is 0 Å². The average Bonchev–Trinajstić information content (AvgIpc) is 3.51. The fourth-order valence-corrected chi connectivity index (χ4v) is 6.37. The number of nitrogens with zero attached hydrogens (tertiary/aromatic N) is 3. The van der Waals surface area contributed by atoms with Gasteiger partial charge in [0.25, 0.3) is 0 Å². The summed E-state index contributed by atoms with van der Waals surface area (Å²) in [6.07, 6.45) is 0. The fraction of sp³-hybridized carbons (Fsp3) is 0. The minimum Gasteiger partial charge on any atom is -0.455 e. The Bertz CT molecular complexity index is 2480. The summed E-state index contributed by atoms with van der Waals surface area (Å²) in [5.74, 6) is 1.82. The smallest absolute Gasteiger partial charge is 0.167 e. The molecule has 9 aromatic rings. The van der Waals surface area contributed by atoms with Gasteiger partial charge in [0, 0.05) is 21.9 Å². The van der Waals surface area contributed by atoms with Crippen LogP contribution in [0.5, 0.6) is 0 Å². The summed E-state index contributed by atoms with van der Waals surface area (Å²) < 4.78 is 6.64. The lowest BCUT2D eigenvalue weighted by molar-refractivity contribution is 0.669. The van der Waals surface area contributed by atoms with E-state index in [4.69, 9.17) is 19.4 Å². The molecular formula is C41H25N3O. The molecule has 2 heterocycles. The van der Waals surface area contributed by atoms with Crippen LogP contribution < -0.4 is 0 Å². The summed E-state index contributed by atoms with van der Waals surface area (Å²) in [4.78, 5) is 14.8. The van der Waals surface area contributed by atoms with Crippen molar-refractivity contribution >= 4 is 43.5 Å². The van der Waals surface area contributed by atoms with Gasteiger partial charge in [0.15, 0.2) is 17.5 Å². The molecule has 4 heteroatoms. The van der Waals surface area contributed by atoms with Crippen LogP contribution in [0.2, 0.25) is 0 Å². The van der Waals surface area contributed by atoms with E-state index >= 15 is 0 Å². The summed E-state index contributed by atoms with van der Waals surface area (Å²) in [6.45, 7) is 0. The number of fused-ring (bicyclic) bond motifs is 6. The Morgan fingerprint density at radius 2 is 0.978 bits per heavy atom. The third kappa shape index (κ3) is 4.27. The van der Waals surface area contributed by atoms with Gasteiger partial charge in [-0.25, -0.2) is 15.0 Å².